The summed E-state index contributed by atoms with van der Waals surface area (Å²) in [5.74, 6) is 2.74. The average molecular weight is 485 g/mol. The zero-order valence-electron chi connectivity index (χ0n) is 21.2. The van der Waals surface area contributed by atoms with Crippen molar-refractivity contribution >= 4 is 6.09 Å². The SMILES string of the molecule is Cc1ccc(OC(=O)N(Cc2ccc(OCCc3nc(-c4ccccc4)oc3C)cc2)C(C)C)cc1. The number of oxazole rings is 1. The van der Waals surface area contributed by atoms with Gasteiger partial charge in [-0.25, -0.2) is 9.78 Å². The van der Waals surface area contributed by atoms with Crippen LogP contribution in [0, 0.1) is 13.8 Å². The highest BCUT2D eigenvalue weighted by molar-refractivity contribution is 5.71. The Morgan fingerprint density at radius 3 is 2.25 bits per heavy atom. The maximum atomic E-state index is 12.8. The molecule has 4 aromatic rings. The first-order valence-corrected chi connectivity index (χ1v) is 12.2. The van der Waals surface area contributed by atoms with Crippen LogP contribution >= 0.6 is 0 Å². The van der Waals surface area contributed by atoms with Crippen molar-refractivity contribution in [1.29, 1.82) is 0 Å². The maximum Gasteiger partial charge on any atom is 0.415 e. The number of carbonyl (C=O) groups is 1. The van der Waals surface area contributed by atoms with Crippen LogP contribution in [0.1, 0.15) is 36.4 Å². The van der Waals surface area contributed by atoms with Crippen LogP contribution in [0.25, 0.3) is 11.5 Å². The quantitative estimate of drug-likeness (QED) is 0.256. The predicted octanol–water partition coefficient (Wildman–Crippen LogP) is 6.99. The minimum atomic E-state index is -0.368. The Balaban J connectivity index is 1.31. The third-order valence-electron chi connectivity index (χ3n) is 5.88. The number of hydrogen-bond donors (Lipinski definition) is 0. The zero-order valence-corrected chi connectivity index (χ0v) is 21.2. The Kier molecular flexibility index (Phi) is 8.06. The molecule has 186 valence electrons. The summed E-state index contributed by atoms with van der Waals surface area (Å²) < 4.78 is 17.3. The van der Waals surface area contributed by atoms with Crippen molar-refractivity contribution in [2.24, 2.45) is 0 Å². The molecule has 0 atom stereocenters. The first-order valence-electron chi connectivity index (χ1n) is 12.2. The molecule has 0 spiro atoms. The molecule has 1 aromatic heterocycles. The lowest BCUT2D eigenvalue weighted by Crippen LogP contribution is -2.38. The Morgan fingerprint density at radius 1 is 0.917 bits per heavy atom. The second kappa shape index (κ2) is 11.6. The van der Waals surface area contributed by atoms with E-state index in [4.69, 9.17) is 13.9 Å². The fourth-order valence-electron chi connectivity index (χ4n) is 3.74. The summed E-state index contributed by atoms with van der Waals surface area (Å²) in [6, 6.07) is 25.1. The lowest BCUT2D eigenvalue weighted by atomic mass is 10.2. The third kappa shape index (κ3) is 6.54. The topological polar surface area (TPSA) is 64.8 Å². The lowest BCUT2D eigenvalue weighted by Gasteiger charge is -2.26. The van der Waals surface area contributed by atoms with Crippen molar-refractivity contribution in [3.63, 3.8) is 0 Å². The fraction of sp³-hybridized carbons (Fsp3) is 0.267. The molecule has 0 bridgehead atoms. The third-order valence-corrected chi connectivity index (χ3v) is 5.88. The minimum Gasteiger partial charge on any atom is -0.493 e. The Hall–Kier alpha value is -4.06. The van der Waals surface area contributed by atoms with Crippen LogP contribution in [0.4, 0.5) is 4.79 Å². The van der Waals surface area contributed by atoms with E-state index >= 15 is 0 Å². The Bertz CT molecular complexity index is 1260. The molecule has 0 radical (unpaired) electrons. The van der Waals surface area contributed by atoms with Crippen molar-refractivity contribution in [3.8, 4) is 23.0 Å². The summed E-state index contributed by atoms with van der Waals surface area (Å²) >= 11 is 0. The monoisotopic (exact) mass is 484 g/mol. The van der Waals surface area contributed by atoms with Crippen LogP contribution in [0.15, 0.2) is 83.3 Å². The zero-order chi connectivity index (χ0) is 25.5. The van der Waals surface area contributed by atoms with Gasteiger partial charge in [0.05, 0.1) is 12.3 Å². The van der Waals surface area contributed by atoms with Crippen LogP contribution < -0.4 is 9.47 Å². The van der Waals surface area contributed by atoms with E-state index in [0.29, 0.717) is 31.2 Å². The maximum absolute atomic E-state index is 12.8. The molecule has 0 aliphatic heterocycles. The molecule has 0 aliphatic rings. The smallest absolute Gasteiger partial charge is 0.415 e. The molecule has 0 aliphatic carbocycles. The van der Waals surface area contributed by atoms with Crippen LogP contribution in [0.2, 0.25) is 0 Å². The van der Waals surface area contributed by atoms with Crippen molar-refractivity contribution in [1.82, 2.24) is 9.88 Å². The molecule has 0 saturated heterocycles. The van der Waals surface area contributed by atoms with Crippen molar-refractivity contribution in [2.75, 3.05) is 6.61 Å². The highest BCUT2D eigenvalue weighted by Crippen LogP contribution is 2.22. The molecule has 6 nitrogen and oxygen atoms in total. The number of carbonyl (C=O) groups excluding carboxylic acids is 1. The van der Waals surface area contributed by atoms with Crippen molar-refractivity contribution in [2.45, 2.75) is 46.7 Å². The first kappa shape index (κ1) is 25.0. The van der Waals surface area contributed by atoms with E-state index in [1.807, 2.05) is 94.4 Å². The highest BCUT2D eigenvalue weighted by atomic mass is 16.6. The van der Waals surface area contributed by atoms with Gasteiger partial charge < -0.3 is 18.8 Å². The number of rotatable bonds is 9. The van der Waals surface area contributed by atoms with Gasteiger partial charge in [-0.15, -0.1) is 0 Å². The molecule has 0 fully saturated rings. The van der Waals surface area contributed by atoms with E-state index in [2.05, 4.69) is 4.98 Å². The van der Waals surface area contributed by atoms with Crippen LogP contribution in [-0.4, -0.2) is 28.6 Å². The lowest BCUT2D eigenvalue weighted by molar-refractivity contribution is 0.135. The summed E-state index contributed by atoms with van der Waals surface area (Å²) in [7, 11) is 0. The second-order valence-electron chi connectivity index (χ2n) is 9.03. The van der Waals surface area contributed by atoms with Crippen LogP contribution in [0.5, 0.6) is 11.5 Å². The van der Waals surface area contributed by atoms with Crippen LogP contribution in [-0.2, 0) is 13.0 Å². The number of amides is 1. The molecule has 1 heterocycles. The molecule has 1 amide bonds. The Morgan fingerprint density at radius 2 is 1.58 bits per heavy atom. The number of benzene rings is 3. The van der Waals surface area contributed by atoms with Gasteiger partial charge in [0, 0.05) is 24.6 Å². The van der Waals surface area contributed by atoms with Gasteiger partial charge >= 0.3 is 6.09 Å². The second-order valence-corrected chi connectivity index (χ2v) is 9.03. The number of hydrogen-bond acceptors (Lipinski definition) is 5. The fourth-order valence-corrected chi connectivity index (χ4v) is 3.74. The number of nitrogens with zero attached hydrogens (tertiary/aromatic N) is 2. The molecule has 0 saturated carbocycles. The van der Waals surface area contributed by atoms with Gasteiger partial charge in [0.1, 0.15) is 17.3 Å². The molecular weight excluding hydrogens is 452 g/mol. The molecule has 0 unspecified atom stereocenters. The number of aryl methyl sites for hydroxylation is 2. The van der Waals surface area contributed by atoms with E-state index in [9.17, 15) is 4.79 Å². The van der Waals surface area contributed by atoms with Crippen molar-refractivity contribution in [3.05, 3.63) is 101 Å². The average Bonchev–Trinajstić information content (AvgIpc) is 3.25. The number of ether oxygens (including phenoxy) is 2. The van der Waals surface area contributed by atoms with E-state index in [-0.39, 0.29) is 12.1 Å². The predicted molar refractivity (Wildman–Crippen MR) is 140 cm³/mol. The highest BCUT2D eigenvalue weighted by Gasteiger charge is 2.20. The van der Waals surface area contributed by atoms with Gasteiger partial charge in [0.25, 0.3) is 0 Å². The standard InChI is InChI=1S/C30H32N2O4/c1-21(2)32(30(33)36-27-14-10-22(3)11-15-27)20-24-12-16-26(17-13-24)34-19-18-28-23(4)35-29(31-28)25-8-6-5-7-9-25/h5-17,21H,18-20H2,1-4H3. The summed E-state index contributed by atoms with van der Waals surface area (Å²) in [5, 5.41) is 0. The molecule has 36 heavy (non-hydrogen) atoms. The molecular formula is C30H32N2O4. The van der Waals surface area contributed by atoms with Gasteiger partial charge in [0.2, 0.25) is 5.89 Å². The van der Waals surface area contributed by atoms with Gasteiger partial charge in [0.15, 0.2) is 0 Å². The summed E-state index contributed by atoms with van der Waals surface area (Å²) in [6.45, 7) is 8.81. The molecule has 6 heteroatoms. The normalized spacial score (nSPS) is 10.9. The van der Waals surface area contributed by atoms with Gasteiger partial charge in [-0.05, 0) is 69.7 Å². The summed E-state index contributed by atoms with van der Waals surface area (Å²) in [5.41, 5.74) is 3.97. The van der Waals surface area contributed by atoms with E-state index in [1.165, 1.54) is 0 Å². The molecule has 4 rings (SSSR count). The Labute approximate surface area is 212 Å². The van der Waals surface area contributed by atoms with Crippen LogP contribution in [0.3, 0.4) is 0 Å². The van der Waals surface area contributed by atoms with E-state index in [0.717, 1.165) is 33.9 Å². The first-order chi connectivity index (χ1) is 17.4. The number of aromatic nitrogens is 1. The minimum absolute atomic E-state index is 0.00893. The van der Waals surface area contributed by atoms with Gasteiger partial charge in [-0.2, -0.15) is 0 Å². The molecule has 0 N–H and O–H groups in total. The largest absolute Gasteiger partial charge is 0.493 e. The van der Waals surface area contributed by atoms with Gasteiger partial charge in [-0.3, -0.25) is 0 Å². The van der Waals surface area contributed by atoms with E-state index in [1.54, 1.807) is 17.0 Å². The van der Waals surface area contributed by atoms with Gasteiger partial charge in [-0.1, -0.05) is 48.0 Å². The van der Waals surface area contributed by atoms with Crippen molar-refractivity contribution < 1.29 is 18.7 Å². The molecule has 3 aromatic carbocycles. The summed E-state index contributed by atoms with van der Waals surface area (Å²) in [6.07, 6.45) is 0.280. The van der Waals surface area contributed by atoms with E-state index < -0.39 is 0 Å². The summed E-state index contributed by atoms with van der Waals surface area (Å²) in [4.78, 5) is 19.1.